The molecule has 0 aliphatic rings. The summed E-state index contributed by atoms with van der Waals surface area (Å²) in [6.07, 6.45) is -4.83. The number of hydrogen-bond donors (Lipinski definition) is 1. The molecule has 4 nitrogen and oxygen atoms in total. The Bertz CT molecular complexity index is 716. The van der Waals surface area contributed by atoms with Gasteiger partial charge in [-0.05, 0) is 29.8 Å². The molecule has 0 saturated heterocycles. The number of rotatable bonds is 5. The number of aromatic carboxylic acids is 1. The number of ether oxygens (including phenoxy) is 2. The highest BCUT2D eigenvalue weighted by atomic mass is 35.5. The second-order valence-electron chi connectivity index (χ2n) is 4.43. The van der Waals surface area contributed by atoms with Gasteiger partial charge in [-0.1, -0.05) is 23.7 Å². The molecule has 0 saturated carbocycles. The molecule has 0 spiro atoms. The van der Waals surface area contributed by atoms with Crippen LogP contribution in [0.15, 0.2) is 42.5 Å². The predicted molar refractivity (Wildman–Crippen MR) is 75.9 cm³/mol. The zero-order chi connectivity index (χ0) is 17.0. The van der Waals surface area contributed by atoms with Gasteiger partial charge in [0.15, 0.2) is 0 Å². The molecule has 2 rings (SSSR count). The van der Waals surface area contributed by atoms with Crippen molar-refractivity contribution >= 4 is 17.6 Å². The van der Waals surface area contributed by atoms with Crippen LogP contribution in [0.3, 0.4) is 0 Å². The first-order chi connectivity index (χ1) is 10.7. The zero-order valence-corrected chi connectivity index (χ0v) is 12.2. The maximum Gasteiger partial charge on any atom is 0.573 e. The molecule has 2 aromatic carbocycles. The molecule has 2 aromatic rings. The van der Waals surface area contributed by atoms with Gasteiger partial charge >= 0.3 is 12.3 Å². The van der Waals surface area contributed by atoms with Gasteiger partial charge in [-0.3, -0.25) is 0 Å². The number of alkyl halides is 3. The van der Waals surface area contributed by atoms with Crippen molar-refractivity contribution in [2.75, 3.05) is 0 Å². The molecule has 122 valence electrons. The van der Waals surface area contributed by atoms with Gasteiger partial charge in [0, 0.05) is 6.07 Å². The number of carboxylic acid groups (broad SMARTS) is 1. The summed E-state index contributed by atoms with van der Waals surface area (Å²) in [4.78, 5) is 10.9. The lowest BCUT2D eigenvalue weighted by molar-refractivity contribution is -0.274. The van der Waals surface area contributed by atoms with Crippen LogP contribution in [0.2, 0.25) is 5.02 Å². The third-order valence-corrected chi connectivity index (χ3v) is 3.00. The van der Waals surface area contributed by atoms with Crippen molar-refractivity contribution in [1.29, 1.82) is 0 Å². The molecule has 0 radical (unpaired) electrons. The first-order valence-corrected chi connectivity index (χ1v) is 6.63. The molecule has 1 N–H and O–H groups in total. The Balaban J connectivity index is 2.05. The van der Waals surface area contributed by atoms with E-state index in [0.29, 0.717) is 5.56 Å². The van der Waals surface area contributed by atoms with Crippen molar-refractivity contribution in [3.63, 3.8) is 0 Å². The van der Waals surface area contributed by atoms with E-state index < -0.39 is 18.1 Å². The topological polar surface area (TPSA) is 55.8 Å². The zero-order valence-electron chi connectivity index (χ0n) is 11.4. The van der Waals surface area contributed by atoms with Gasteiger partial charge < -0.3 is 14.6 Å². The maximum absolute atomic E-state index is 12.1. The molecule has 0 fully saturated rings. The minimum absolute atomic E-state index is 0.0386. The number of hydrogen-bond acceptors (Lipinski definition) is 3. The molecule has 0 atom stereocenters. The summed E-state index contributed by atoms with van der Waals surface area (Å²) in [5, 5.41) is 8.64. The maximum atomic E-state index is 12.1. The Hall–Kier alpha value is -2.41. The summed E-state index contributed by atoms with van der Waals surface area (Å²) in [6, 6.07) is 9.60. The van der Waals surface area contributed by atoms with Crippen LogP contribution in [0.1, 0.15) is 15.9 Å². The highest BCUT2D eigenvalue weighted by Crippen LogP contribution is 2.33. The van der Waals surface area contributed by atoms with Gasteiger partial charge in [-0.15, -0.1) is 13.2 Å². The summed E-state index contributed by atoms with van der Waals surface area (Å²) in [7, 11) is 0. The van der Waals surface area contributed by atoms with Crippen LogP contribution in [-0.2, 0) is 6.61 Å². The van der Waals surface area contributed by atoms with Gasteiger partial charge in [0.25, 0.3) is 0 Å². The molecule has 0 aliphatic heterocycles. The Morgan fingerprint density at radius 3 is 2.52 bits per heavy atom. The standard InChI is InChI=1S/C15H10ClF3O4/c16-12-7-11(4-5-13(12)23-15(17,18)19)22-8-9-2-1-3-10(6-9)14(20)21/h1-7H,8H2,(H,20,21). The normalized spacial score (nSPS) is 11.1. The smallest absolute Gasteiger partial charge is 0.489 e. The molecular formula is C15H10ClF3O4. The van der Waals surface area contributed by atoms with Crippen molar-refractivity contribution < 1.29 is 32.5 Å². The Morgan fingerprint density at radius 2 is 1.91 bits per heavy atom. The lowest BCUT2D eigenvalue weighted by Crippen LogP contribution is -2.17. The van der Waals surface area contributed by atoms with Gasteiger partial charge in [-0.25, -0.2) is 4.79 Å². The number of benzene rings is 2. The van der Waals surface area contributed by atoms with Crippen molar-refractivity contribution in [3.05, 3.63) is 58.6 Å². The lowest BCUT2D eigenvalue weighted by Gasteiger charge is -2.12. The fourth-order valence-electron chi connectivity index (χ4n) is 1.74. The van der Waals surface area contributed by atoms with Gasteiger partial charge in [0.05, 0.1) is 10.6 Å². The number of carboxylic acids is 1. The van der Waals surface area contributed by atoms with Crippen molar-refractivity contribution in [3.8, 4) is 11.5 Å². The molecule has 23 heavy (non-hydrogen) atoms. The largest absolute Gasteiger partial charge is 0.573 e. The van der Waals surface area contributed by atoms with E-state index in [2.05, 4.69) is 4.74 Å². The van der Waals surface area contributed by atoms with E-state index in [1.165, 1.54) is 24.3 Å². The predicted octanol–water partition coefficient (Wildman–Crippen LogP) is 4.52. The SMILES string of the molecule is O=C(O)c1cccc(COc2ccc(OC(F)(F)F)c(Cl)c2)c1. The fraction of sp³-hybridized carbons (Fsp3) is 0.133. The van der Waals surface area contributed by atoms with Crippen molar-refractivity contribution in [2.24, 2.45) is 0 Å². The minimum Gasteiger partial charge on any atom is -0.489 e. The second kappa shape index (κ2) is 6.78. The molecule has 0 aromatic heterocycles. The number of carbonyl (C=O) groups is 1. The van der Waals surface area contributed by atoms with Crippen LogP contribution < -0.4 is 9.47 Å². The third kappa shape index (κ3) is 5.07. The second-order valence-corrected chi connectivity index (χ2v) is 4.84. The van der Waals surface area contributed by atoms with Crippen LogP contribution in [-0.4, -0.2) is 17.4 Å². The highest BCUT2D eigenvalue weighted by Gasteiger charge is 2.32. The van der Waals surface area contributed by atoms with Crippen LogP contribution in [0.25, 0.3) is 0 Å². The monoisotopic (exact) mass is 346 g/mol. The van der Waals surface area contributed by atoms with Crippen LogP contribution in [0.4, 0.5) is 13.2 Å². The Labute approximate surface area is 134 Å². The number of halogens is 4. The van der Waals surface area contributed by atoms with E-state index >= 15 is 0 Å². The van der Waals surface area contributed by atoms with E-state index in [0.717, 1.165) is 6.07 Å². The van der Waals surface area contributed by atoms with Crippen LogP contribution in [0, 0.1) is 0 Å². The molecule has 8 heteroatoms. The van der Waals surface area contributed by atoms with Crippen molar-refractivity contribution in [1.82, 2.24) is 0 Å². The van der Waals surface area contributed by atoms with Crippen LogP contribution >= 0.6 is 11.6 Å². The summed E-state index contributed by atoms with van der Waals surface area (Å²) >= 11 is 5.70. The van der Waals surface area contributed by atoms with E-state index in [-0.39, 0.29) is 22.9 Å². The van der Waals surface area contributed by atoms with Gasteiger partial charge in [0.2, 0.25) is 0 Å². The minimum atomic E-state index is -4.83. The van der Waals surface area contributed by atoms with E-state index in [9.17, 15) is 18.0 Å². The average Bonchev–Trinajstić information content (AvgIpc) is 2.47. The van der Waals surface area contributed by atoms with E-state index in [4.69, 9.17) is 21.4 Å². The highest BCUT2D eigenvalue weighted by molar-refractivity contribution is 6.32. The Morgan fingerprint density at radius 1 is 1.17 bits per heavy atom. The molecule has 0 bridgehead atoms. The quantitative estimate of drug-likeness (QED) is 0.865. The first-order valence-electron chi connectivity index (χ1n) is 6.25. The fourth-order valence-corrected chi connectivity index (χ4v) is 1.95. The summed E-state index contributed by atoms with van der Waals surface area (Å²) in [5.74, 6) is -1.37. The summed E-state index contributed by atoms with van der Waals surface area (Å²) in [5.41, 5.74) is 0.703. The first kappa shape index (κ1) is 17.0. The summed E-state index contributed by atoms with van der Waals surface area (Å²) in [6.45, 7) is 0.0386. The Kier molecular flexibility index (Phi) is 5.00. The summed E-state index contributed by atoms with van der Waals surface area (Å²) < 4.78 is 45.5. The molecule has 0 aliphatic carbocycles. The van der Waals surface area contributed by atoms with E-state index in [1.54, 1.807) is 12.1 Å². The average molecular weight is 347 g/mol. The van der Waals surface area contributed by atoms with E-state index in [1.807, 2.05) is 0 Å². The van der Waals surface area contributed by atoms with Crippen LogP contribution in [0.5, 0.6) is 11.5 Å². The molecule has 0 heterocycles. The molecular weight excluding hydrogens is 337 g/mol. The lowest BCUT2D eigenvalue weighted by atomic mass is 10.1. The molecule has 0 amide bonds. The van der Waals surface area contributed by atoms with Gasteiger partial charge in [-0.2, -0.15) is 0 Å². The van der Waals surface area contributed by atoms with Crippen molar-refractivity contribution in [2.45, 2.75) is 13.0 Å². The van der Waals surface area contributed by atoms with Gasteiger partial charge in [0.1, 0.15) is 18.1 Å². The molecule has 0 unspecified atom stereocenters. The third-order valence-electron chi connectivity index (χ3n) is 2.71.